The summed E-state index contributed by atoms with van der Waals surface area (Å²) in [5, 5.41) is 3.58. The van der Waals surface area contributed by atoms with Crippen molar-refractivity contribution < 1.29 is 9.53 Å². The second-order valence-corrected chi connectivity index (χ2v) is 5.84. The second kappa shape index (κ2) is 6.53. The highest BCUT2D eigenvalue weighted by Gasteiger charge is 2.27. The molecule has 4 heteroatoms. The van der Waals surface area contributed by atoms with Gasteiger partial charge in [-0.1, -0.05) is 6.42 Å². The van der Waals surface area contributed by atoms with Gasteiger partial charge in [0.1, 0.15) is 0 Å². The van der Waals surface area contributed by atoms with E-state index in [2.05, 4.69) is 10.2 Å². The van der Waals surface area contributed by atoms with Crippen molar-refractivity contribution in [2.45, 2.75) is 64.1 Å². The van der Waals surface area contributed by atoms with Crippen molar-refractivity contribution in [3.8, 4) is 0 Å². The van der Waals surface area contributed by atoms with E-state index in [1.165, 1.54) is 32.1 Å². The average Bonchev–Trinajstić information content (AvgIpc) is 3.10. The van der Waals surface area contributed by atoms with Crippen LogP contribution < -0.4 is 5.32 Å². The number of nitrogens with one attached hydrogen (secondary N) is 1. The molecule has 18 heavy (non-hydrogen) atoms. The zero-order valence-electron chi connectivity index (χ0n) is 11.7. The molecule has 1 saturated carbocycles. The first-order chi connectivity index (χ1) is 8.65. The molecule has 4 nitrogen and oxygen atoms in total. The quantitative estimate of drug-likeness (QED) is 0.730. The third-order valence-electron chi connectivity index (χ3n) is 3.67. The number of rotatable bonds is 6. The molecule has 0 spiro atoms. The summed E-state index contributed by atoms with van der Waals surface area (Å²) in [4.78, 5) is 14.0. The van der Waals surface area contributed by atoms with Gasteiger partial charge in [-0.3, -0.25) is 9.69 Å². The molecule has 1 atom stereocenters. The Bertz CT molecular complexity index is 277. The zero-order chi connectivity index (χ0) is 13.0. The van der Waals surface area contributed by atoms with Crippen molar-refractivity contribution in [2.24, 2.45) is 0 Å². The van der Waals surface area contributed by atoms with Crippen molar-refractivity contribution >= 4 is 5.97 Å². The Hall–Kier alpha value is -0.610. The van der Waals surface area contributed by atoms with E-state index in [1.54, 1.807) is 0 Å². The van der Waals surface area contributed by atoms with E-state index < -0.39 is 0 Å². The molecule has 0 amide bonds. The molecule has 1 saturated heterocycles. The van der Waals surface area contributed by atoms with Gasteiger partial charge in [-0.25, -0.2) is 0 Å². The maximum atomic E-state index is 11.7. The SMILES string of the molecule is CC(C)OC(=O)CN1CCCCC1CNC1CC1. The number of esters is 1. The molecular formula is C14H26N2O2. The fourth-order valence-corrected chi connectivity index (χ4v) is 2.56. The Labute approximate surface area is 110 Å². The number of hydrogen-bond acceptors (Lipinski definition) is 4. The summed E-state index contributed by atoms with van der Waals surface area (Å²) >= 11 is 0. The molecule has 1 aliphatic carbocycles. The standard InChI is InChI=1S/C14H26N2O2/c1-11(2)18-14(17)10-16-8-4-3-5-13(16)9-15-12-6-7-12/h11-13,15H,3-10H2,1-2H3. The number of hydrogen-bond donors (Lipinski definition) is 1. The summed E-state index contributed by atoms with van der Waals surface area (Å²) in [5.41, 5.74) is 0. The van der Waals surface area contributed by atoms with Crippen LogP contribution in [0.5, 0.6) is 0 Å². The first-order valence-corrected chi connectivity index (χ1v) is 7.32. The van der Waals surface area contributed by atoms with Gasteiger partial charge in [0.15, 0.2) is 0 Å². The van der Waals surface area contributed by atoms with Gasteiger partial charge in [0.25, 0.3) is 0 Å². The predicted octanol–water partition coefficient (Wildman–Crippen LogP) is 1.54. The summed E-state index contributed by atoms with van der Waals surface area (Å²) in [7, 11) is 0. The lowest BCUT2D eigenvalue weighted by Crippen LogP contribution is -2.48. The van der Waals surface area contributed by atoms with Crippen LogP contribution in [0.2, 0.25) is 0 Å². The minimum Gasteiger partial charge on any atom is -0.462 e. The first kappa shape index (κ1) is 13.8. The molecular weight excluding hydrogens is 228 g/mol. The number of ether oxygens (including phenoxy) is 1. The summed E-state index contributed by atoms with van der Waals surface area (Å²) < 4.78 is 5.24. The first-order valence-electron chi connectivity index (χ1n) is 7.32. The third-order valence-corrected chi connectivity index (χ3v) is 3.67. The molecule has 0 bridgehead atoms. The fraction of sp³-hybridized carbons (Fsp3) is 0.929. The molecule has 1 N–H and O–H groups in total. The predicted molar refractivity (Wildman–Crippen MR) is 71.5 cm³/mol. The van der Waals surface area contributed by atoms with E-state index in [9.17, 15) is 4.79 Å². The molecule has 2 rings (SSSR count). The van der Waals surface area contributed by atoms with E-state index in [0.717, 1.165) is 19.1 Å². The Kier molecular flexibility index (Phi) is 5.01. The van der Waals surface area contributed by atoms with Crippen LogP contribution in [0.3, 0.4) is 0 Å². The van der Waals surface area contributed by atoms with Crippen LogP contribution in [-0.4, -0.2) is 48.7 Å². The summed E-state index contributed by atoms with van der Waals surface area (Å²) in [6.45, 7) is 6.32. The second-order valence-electron chi connectivity index (χ2n) is 5.84. The monoisotopic (exact) mass is 254 g/mol. The molecule has 0 aromatic carbocycles. The van der Waals surface area contributed by atoms with Crippen LogP contribution in [0.15, 0.2) is 0 Å². The molecule has 0 radical (unpaired) electrons. The minimum atomic E-state index is -0.0803. The van der Waals surface area contributed by atoms with Crippen LogP contribution >= 0.6 is 0 Å². The number of carbonyl (C=O) groups excluding carboxylic acids is 1. The highest BCUT2D eigenvalue weighted by Crippen LogP contribution is 2.21. The van der Waals surface area contributed by atoms with Crippen molar-refractivity contribution in [1.29, 1.82) is 0 Å². The Morgan fingerprint density at radius 1 is 1.33 bits per heavy atom. The average molecular weight is 254 g/mol. The minimum absolute atomic E-state index is 0.00895. The number of nitrogens with zero attached hydrogens (tertiary/aromatic N) is 1. The van der Waals surface area contributed by atoms with E-state index in [1.807, 2.05) is 13.8 Å². The molecule has 1 aliphatic heterocycles. The van der Waals surface area contributed by atoms with Crippen LogP contribution in [0.25, 0.3) is 0 Å². The third kappa shape index (κ3) is 4.58. The van der Waals surface area contributed by atoms with Gasteiger partial charge >= 0.3 is 5.97 Å². The largest absolute Gasteiger partial charge is 0.462 e. The normalized spacial score (nSPS) is 25.4. The maximum absolute atomic E-state index is 11.7. The van der Waals surface area contributed by atoms with E-state index >= 15 is 0 Å². The van der Waals surface area contributed by atoms with Gasteiger partial charge in [-0.2, -0.15) is 0 Å². The van der Waals surface area contributed by atoms with E-state index in [4.69, 9.17) is 4.74 Å². The Balaban J connectivity index is 1.76. The van der Waals surface area contributed by atoms with Crippen LogP contribution in [-0.2, 0) is 9.53 Å². The van der Waals surface area contributed by atoms with Gasteiger partial charge in [0.2, 0.25) is 0 Å². The summed E-state index contributed by atoms with van der Waals surface area (Å²) in [6.07, 6.45) is 6.32. The number of likely N-dealkylation sites (tertiary alicyclic amines) is 1. The molecule has 2 fully saturated rings. The topological polar surface area (TPSA) is 41.6 Å². The molecule has 0 aromatic rings. The summed E-state index contributed by atoms with van der Waals surface area (Å²) in [5.74, 6) is -0.0803. The number of piperidine rings is 1. The van der Waals surface area contributed by atoms with E-state index in [0.29, 0.717) is 12.6 Å². The highest BCUT2D eigenvalue weighted by molar-refractivity contribution is 5.71. The van der Waals surface area contributed by atoms with Crippen molar-refractivity contribution in [1.82, 2.24) is 10.2 Å². The van der Waals surface area contributed by atoms with Gasteiger partial charge in [0, 0.05) is 18.6 Å². The van der Waals surface area contributed by atoms with Crippen LogP contribution in [0.1, 0.15) is 46.0 Å². The fourth-order valence-electron chi connectivity index (χ4n) is 2.56. The van der Waals surface area contributed by atoms with Gasteiger partial charge in [-0.15, -0.1) is 0 Å². The molecule has 2 aliphatic rings. The Morgan fingerprint density at radius 2 is 2.11 bits per heavy atom. The smallest absolute Gasteiger partial charge is 0.320 e. The molecule has 1 unspecified atom stereocenters. The Morgan fingerprint density at radius 3 is 2.78 bits per heavy atom. The maximum Gasteiger partial charge on any atom is 0.320 e. The summed E-state index contributed by atoms with van der Waals surface area (Å²) in [6, 6.07) is 1.26. The van der Waals surface area contributed by atoms with Crippen LogP contribution in [0, 0.1) is 0 Å². The van der Waals surface area contributed by atoms with Crippen LogP contribution in [0.4, 0.5) is 0 Å². The molecule has 0 aromatic heterocycles. The molecule has 1 heterocycles. The van der Waals surface area contributed by atoms with Crippen molar-refractivity contribution in [3.63, 3.8) is 0 Å². The zero-order valence-corrected chi connectivity index (χ0v) is 11.7. The van der Waals surface area contributed by atoms with Gasteiger partial charge < -0.3 is 10.1 Å². The highest BCUT2D eigenvalue weighted by atomic mass is 16.5. The number of carbonyl (C=O) groups is 1. The van der Waals surface area contributed by atoms with Crippen molar-refractivity contribution in [3.05, 3.63) is 0 Å². The van der Waals surface area contributed by atoms with Gasteiger partial charge in [0.05, 0.1) is 12.6 Å². The lowest BCUT2D eigenvalue weighted by molar-refractivity contribution is -0.149. The lowest BCUT2D eigenvalue weighted by atomic mass is 10.0. The van der Waals surface area contributed by atoms with Crippen molar-refractivity contribution in [2.75, 3.05) is 19.6 Å². The lowest BCUT2D eigenvalue weighted by Gasteiger charge is -2.35. The van der Waals surface area contributed by atoms with E-state index in [-0.39, 0.29) is 12.1 Å². The molecule has 104 valence electrons. The van der Waals surface area contributed by atoms with Gasteiger partial charge in [-0.05, 0) is 46.1 Å².